The molecule has 0 aliphatic heterocycles. The number of hydrogen-bond acceptors (Lipinski definition) is 2. The zero-order valence-electron chi connectivity index (χ0n) is 10.9. The van der Waals surface area contributed by atoms with Gasteiger partial charge in [-0.3, -0.25) is 9.79 Å². The lowest BCUT2D eigenvalue weighted by molar-refractivity contribution is 0.256. The zero-order valence-corrected chi connectivity index (χ0v) is 11.8. The van der Waals surface area contributed by atoms with E-state index in [2.05, 4.69) is 18.4 Å². The van der Waals surface area contributed by atoms with Gasteiger partial charge >= 0.3 is 7.82 Å². The van der Waals surface area contributed by atoms with Crippen molar-refractivity contribution in [3.63, 3.8) is 0 Å². The first-order valence-electron chi connectivity index (χ1n) is 6.41. The molecule has 0 aromatic carbocycles. The second kappa shape index (κ2) is 9.69. The van der Waals surface area contributed by atoms with Gasteiger partial charge in [0, 0.05) is 0 Å². The van der Waals surface area contributed by atoms with Crippen molar-refractivity contribution >= 4 is 7.82 Å². The highest BCUT2D eigenvalue weighted by atomic mass is 31.2. The van der Waals surface area contributed by atoms with Crippen LogP contribution < -0.4 is 0 Å². The Balaban J connectivity index is 4.13. The second-order valence-electron chi connectivity index (χ2n) is 4.29. The van der Waals surface area contributed by atoms with Gasteiger partial charge in [-0.05, 0) is 31.3 Å². The van der Waals surface area contributed by atoms with Crippen LogP contribution in [0.25, 0.3) is 0 Å². The van der Waals surface area contributed by atoms with Crippen molar-refractivity contribution in [2.75, 3.05) is 0 Å². The Morgan fingerprint density at radius 3 is 1.88 bits per heavy atom. The maximum absolute atomic E-state index is 10.6. The fourth-order valence-electron chi connectivity index (χ4n) is 1.59. The lowest BCUT2D eigenvalue weighted by atomic mass is 10.0. The predicted molar refractivity (Wildman–Crippen MR) is 69.5 cm³/mol. The van der Waals surface area contributed by atoms with Gasteiger partial charge in [0.05, 0.1) is 6.26 Å². The summed E-state index contributed by atoms with van der Waals surface area (Å²) in [6.45, 7) is 4.26. The molecule has 0 unspecified atom stereocenters. The normalized spacial score (nSPS) is 11.3. The third-order valence-electron chi connectivity index (χ3n) is 2.56. The van der Waals surface area contributed by atoms with Crippen LogP contribution in [0.5, 0.6) is 0 Å². The molecular weight excluding hydrogens is 239 g/mol. The Hall–Kier alpha value is -0.310. The molecule has 0 aromatic rings. The van der Waals surface area contributed by atoms with E-state index in [-0.39, 0.29) is 0 Å². The molecule has 5 heteroatoms. The number of hydrogen-bond donors (Lipinski definition) is 2. The maximum atomic E-state index is 10.6. The molecule has 0 saturated carbocycles. The minimum absolute atomic E-state index is 0.873. The number of unbranched alkanes of at least 4 members (excludes halogenated alkanes) is 4. The van der Waals surface area contributed by atoms with Gasteiger partial charge in [0.15, 0.2) is 0 Å². The SMILES string of the molecule is CCCCCC(=COP(=O)(O)O)CCCCC. The van der Waals surface area contributed by atoms with Gasteiger partial charge in [0.1, 0.15) is 0 Å². The van der Waals surface area contributed by atoms with Gasteiger partial charge in [0.25, 0.3) is 0 Å². The fourth-order valence-corrected chi connectivity index (χ4v) is 1.88. The Morgan fingerprint density at radius 2 is 1.53 bits per heavy atom. The second-order valence-corrected chi connectivity index (χ2v) is 5.48. The molecule has 0 saturated heterocycles. The predicted octanol–water partition coefficient (Wildman–Crippen LogP) is 4.14. The molecule has 0 bridgehead atoms. The van der Waals surface area contributed by atoms with E-state index in [0.29, 0.717) is 0 Å². The molecule has 0 aromatic heterocycles. The van der Waals surface area contributed by atoms with Gasteiger partial charge in [-0.1, -0.05) is 39.5 Å². The van der Waals surface area contributed by atoms with Gasteiger partial charge in [-0.15, -0.1) is 0 Å². The molecule has 17 heavy (non-hydrogen) atoms. The van der Waals surface area contributed by atoms with E-state index in [9.17, 15) is 4.57 Å². The lowest BCUT2D eigenvalue weighted by Gasteiger charge is -2.08. The highest BCUT2D eigenvalue weighted by Crippen LogP contribution is 2.37. The van der Waals surface area contributed by atoms with Gasteiger partial charge in [0.2, 0.25) is 0 Å². The van der Waals surface area contributed by atoms with E-state index in [4.69, 9.17) is 9.79 Å². The van der Waals surface area contributed by atoms with Crippen molar-refractivity contribution in [3.05, 3.63) is 11.8 Å². The van der Waals surface area contributed by atoms with Crippen LogP contribution in [-0.4, -0.2) is 9.79 Å². The summed E-state index contributed by atoms with van der Waals surface area (Å²) in [6, 6.07) is 0. The molecule has 0 heterocycles. The van der Waals surface area contributed by atoms with Crippen molar-refractivity contribution in [2.45, 2.75) is 65.2 Å². The van der Waals surface area contributed by atoms with Crippen molar-refractivity contribution < 1.29 is 18.9 Å². The van der Waals surface area contributed by atoms with Crippen LogP contribution in [0.2, 0.25) is 0 Å². The van der Waals surface area contributed by atoms with Crippen LogP contribution in [0.1, 0.15) is 65.2 Å². The van der Waals surface area contributed by atoms with Crippen molar-refractivity contribution in [3.8, 4) is 0 Å². The first kappa shape index (κ1) is 16.7. The molecule has 0 fully saturated rings. The summed E-state index contributed by atoms with van der Waals surface area (Å²) in [6.07, 6.45) is 9.68. The van der Waals surface area contributed by atoms with E-state index in [1.54, 1.807) is 0 Å². The summed E-state index contributed by atoms with van der Waals surface area (Å²) in [5.74, 6) is 0. The third-order valence-corrected chi connectivity index (χ3v) is 2.94. The molecule has 102 valence electrons. The quantitative estimate of drug-likeness (QED) is 0.353. The molecule has 0 aliphatic rings. The highest BCUT2D eigenvalue weighted by molar-refractivity contribution is 7.46. The Labute approximate surface area is 104 Å². The summed E-state index contributed by atoms with van der Waals surface area (Å²) in [7, 11) is -4.37. The van der Waals surface area contributed by atoms with Crippen LogP contribution in [0.4, 0.5) is 0 Å². The molecular formula is C12H25O4P. The summed E-state index contributed by atoms with van der Waals surface area (Å²) in [4.78, 5) is 17.3. The number of allylic oxidation sites excluding steroid dienone is 1. The molecule has 0 spiro atoms. The fraction of sp³-hybridized carbons (Fsp3) is 0.833. The Kier molecular flexibility index (Phi) is 9.52. The number of phosphoric acid groups is 1. The van der Waals surface area contributed by atoms with Crippen LogP contribution in [0.15, 0.2) is 11.8 Å². The summed E-state index contributed by atoms with van der Waals surface area (Å²) in [5.41, 5.74) is 1.01. The van der Waals surface area contributed by atoms with Gasteiger partial charge in [-0.25, -0.2) is 4.57 Å². The molecule has 4 nitrogen and oxygen atoms in total. The first-order valence-corrected chi connectivity index (χ1v) is 7.94. The van der Waals surface area contributed by atoms with Crippen molar-refractivity contribution in [1.29, 1.82) is 0 Å². The Morgan fingerprint density at radius 1 is 1.06 bits per heavy atom. The van der Waals surface area contributed by atoms with Gasteiger partial charge < -0.3 is 4.52 Å². The van der Waals surface area contributed by atoms with E-state index >= 15 is 0 Å². The molecule has 0 aliphatic carbocycles. The lowest BCUT2D eigenvalue weighted by Crippen LogP contribution is -1.89. The zero-order chi connectivity index (χ0) is 13.1. The first-order chi connectivity index (χ1) is 7.99. The molecule has 0 radical (unpaired) electrons. The summed E-state index contributed by atoms with van der Waals surface area (Å²) < 4.78 is 15.1. The van der Waals surface area contributed by atoms with E-state index in [1.807, 2.05) is 0 Å². The minimum Gasteiger partial charge on any atom is -0.412 e. The number of rotatable bonds is 10. The minimum atomic E-state index is -4.37. The van der Waals surface area contributed by atoms with Crippen molar-refractivity contribution in [2.24, 2.45) is 0 Å². The van der Waals surface area contributed by atoms with Crippen LogP contribution in [0.3, 0.4) is 0 Å². The average molecular weight is 264 g/mol. The van der Waals surface area contributed by atoms with Crippen LogP contribution in [-0.2, 0) is 9.09 Å². The molecule has 0 rings (SSSR count). The third kappa shape index (κ3) is 11.9. The topological polar surface area (TPSA) is 66.8 Å². The van der Waals surface area contributed by atoms with Crippen molar-refractivity contribution in [1.82, 2.24) is 0 Å². The number of phosphoric ester groups is 1. The van der Waals surface area contributed by atoms with Gasteiger partial charge in [-0.2, -0.15) is 0 Å². The molecule has 2 N–H and O–H groups in total. The monoisotopic (exact) mass is 264 g/mol. The maximum Gasteiger partial charge on any atom is 0.524 e. The largest absolute Gasteiger partial charge is 0.524 e. The molecule has 0 atom stereocenters. The Bertz CT molecular complexity index is 245. The summed E-state index contributed by atoms with van der Waals surface area (Å²) >= 11 is 0. The standard InChI is InChI=1S/C12H25O4P/c1-3-5-7-9-12(10-8-6-4-2)11-16-17(13,14)15/h11H,3-10H2,1-2H3,(H2,13,14,15). The van der Waals surface area contributed by atoms with E-state index in [1.165, 1.54) is 6.26 Å². The smallest absolute Gasteiger partial charge is 0.412 e. The summed E-state index contributed by atoms with van der Waals surface area (Å²) in [5, 5.41) is 0. The van der Waals surface area contributed by atoms with Crippen LogP contribution >= 0.6 is 7.82 Å². The highest BCUT2D eigenvalue weighted by Gasteiger charge is 2.12. The van der Waals surface area contributed by atoms with E-state index in [0.717, 1.165) is 56.9 Å². The molecule has 0 amide bonds. The van der Waals surface area contributed by atoms with Crippen LogP contribution in [0, 0.1) is 0 Å². The average Bonchev–Trinajstić information content (AvgIpc) is 2.24. The van der Waals surface area contributed by atoms with E-state index < -0.39 is 7.82 Å².